The number of carbonyl (C=O) groups excluding carboxylic acids is 2. The number of hydrogen-bond acceptors (Lipinski definition) is 3. The van der Waals surface area contributed by atoms with Crippen LogP contribution in [0.1, 0.15) is 13.3 Å². The fourth-order valence-corrected chi connectivity index (χ4v) is 0.499. The first-order valence-electron chi connectivity index (χ1n) is 2.84. The van der Waals surface area contributed by atoms with Crippen LogP contribution in [0, 0.1) is 0 Å². The Hall–Kier alpha value is -1.26. The molecule has 0 spiro atoms. The number of carboxylic acid groups (broad SMARTS) is 1. The van der Waals surface area contributed by atoms with Gasteiger partial charge in [-0.05, 0) is 6.42 Å². The van der Waals surface area contributed by atoms with Gasteiger partial charge in [0.1, 0.15) is 0 Å². The number of nitrogens with two attached hydrogens (primary N) is 1. The SMILES string of the molecule is CC[C@@H](NC(N)=O)C(=O)[O-]. The molecular weight excluding hydrogens is 136 g/mol. The minimum Gasteiger partial charge on any atom is -0.548 e. The smallest absolute Gasteiger partial charge is 0.312 e. The Balaban J connectivity index is 3.83. The minimum atomic E-state index is -1.32. The van der Waals surface area contributed by atoms with Gasteiger partial charge in [0.05, 0.1) is 12.0 Å². The van der Waals surface area contributed by atoms with E-state index < -0.39 is 18.0 Å². The van der Waals surface area contributed by atoms with Crippen molar-refractivity contribution in [1.29, 1.82) is 0 Å². The molecule has 0 heterocycles. The Kier molecular flexibility index (Phi) is 3.24. The van der Waals surface area contributed by atoms with Crippen LogP contribution in [0.2, 0.25) is 0 Å². The number of urea groups is 1. The molecule has 5 nitrogen and oxygen atoms in total. The first kappa shape index (κ1) is 8.74. The number of carbonyl (C=O) groups is 2. The van der Waals surface area contributed by atoms with Crippen LogP contribution in [0.15, 0.2) is 0 Å². The van der Waals surface area contributed by atoms with Gasteiger partial charge in [0.15, 0.2) is 0 Å². The Morgan fingerprint density at radius 1 is 1.70 bits per heavy atom. The first-order chi connectivity index (χ1) is 4.57. The van der Waals surface area contributed by atoms with Crippen molar-refractivity contribution in [3.8, 4) is 0 Å². The predicted octanol–water partition coefficient (Wildman–Crippen LogP) is -1.82. The summed E-state index contributed by atoms with van der Waals surface area (Å²) in [5.74, 6) is -1.32. The summed E-state index contributed by atoms with van der Waals surface area (Å²) >= 11 is 0. The largest absolute Gasteiger partial charge is 0.548 e. The van der Waals surface area contributed by atoms with Gasteiger partial charge < -0.3 is 21.0 Å². The van der Waals surface area contributed by atoms with Crippen LogP contribution < -0.4 is 16.2 Å². The average Bonchev–Trinajstić information content (AvgIpc) is 1.81. The van der Waals surface area contributed by atoms with Crippen molar-refractivity contribution in [1.82, 2.24) is 5.32 Å². The number of carboxylic acids is 1. The highest BCUT2D eigenvalue weighted by Crippen LogP contribution is 1.86. The predicted molar refractivity (Wildman–Crippen MR) is 31.8 cm³/mol. The molecule has 0 aliphatic carbocycles. The summed E-state index contributed by atoms with van der Waals surface area (Å²) in [6, 6.07) is -1.83. The lowest BCUT2D eigenvalue weighted by molar-refractivity contribution is -0.308. The monoisotopic (exact) mass is 145 g/mol. The van der Waals surface area contributed by atoms with Gasteiger partial charge in [-0.15, -0.1) is 0 Å². The van der Waals surface area contributed by atoms with E-state index in [2.05, 4.69) is 5.73 Å². The highest BCUT2D eigenvalue weighted by atomic mass is 16.4. The normalized spacial score (nSPS) is 12.1. The number of nitrogens with one attached hydrogen (secondary N) is 1. The molecule has 0 aliphatic rings. The van der Waals surface area contributed by atoms with Crippen molar-refractivity contribution in [2.75, 3.05) is 0 Å². The molecule has 0 fully saturated rings. The van der Waals surface area contributed by atoms with E-state index in [0.717, 1.165) is 0 Å². The van der Waals surface area contributed by atoms with Crippen molar-refractivity contribution in [2.24, 2.45) is 5.73 Å². The molecule has 10 heavy (non-hydrogen) atoms. The molecule has 58 valence electrons. The zero-order valence-electron chi connectivity index (χ0n) is 5.59. The van der Waals surface area contributed by atoms with Gasteiger partial charge in [-0.1, -0.05) is 6.92 Å². The second kappa shape index (κ2) is 3.71. The lowest BCUT2D eigenvalue weighted by Gasteiger charge is -2.15. The lowest BCUT2D eigenvalue weighted by atomic mass is 10.2. The highest BCUT2D eigenvalue weighted by Gasteiger charge is 2.06. The molecule has 0 saturated heterocycles. The van der Waals surface area contributed by atoms with E-state index in [0.29, 0.717) is 0 Å². The van der Waals surface area contributed by atoms with Gasteiger partial charge >= 0.3 is 6.03 Å². The molecule has 0 saturated carbocycles. The van der Waals surface area contributed by atoms with Gasteiger partial charge in [0.25, 0.3) is 0 Å². The summed E-state index contributed by atoms with van der Waals surface area (Å²) in [5, 5.41) is 12.1. The molecule has 0 bridgehead atoms. The van der Waals surface area contributed by atoms with Crippen LogP contribution in [0.25, 0.3) is 0 Å². The Morgan fingerprint density at radius 3 is 2.30 bits per heavy atom. The molecule has 3 N–H and O–H groups in total. The van der Waals surface area contributed by atoms with Crippen LogP contribution in [-0.4, -0.2) is 18.0 Å². The maximum absolute atomic E-state index is 10.1. The standard InChI is InChI=1S/C5H10N2O3/c1-2-3(4(8)9)7-5(6)10/h3H,2H2,1H3,(H,8,9)(H3,6,7,10)/p-1/t3-/m1/s1. The second-order valence-electron chi connectivity index (χ2n) is 1.79. The molecule has 1 atom stereocenters. The van der Waals surface area contributed by atoms with Gasteiger partial charge in [-0.25, -0.2) is 4.79 Å². The van der Waals surface area contributed by atoms with Gasteiger partial charge in [-0.2, -0.15) is 0 Å². The third-order valence-corrected chi connectivity index (χ3v) is 1.01. The molecule has 2 amide bonds. The van der Waals surface area contributed by atoms with Crippen LogP contribution in [-0.2, 0) is 4.79 Å². The van der Waals surface area contributed by atoms with Crippen molar-refractivity contribution >= 4 is 12.0 Å². The molecular formula is C5H9N2O3-. The van der Waals surface area contributed by atoms with E-state index in [1.807, 2.05) is 5.32 Å². The third kappa shape index (κ3) is 2.91. The van der Waals surface area contributed by atoms with E-state index in [9.17, 15) is 14.7 Å². The average molecular weight is 145 g/mol. The second-order valence-corrected chi connectivity index (χ2v) is 1.79. The zero-order chi connectivity index (χ0) is 8.15. The number of aliphatic carboxylic acids is 1. The van der Waals surface area contributed by atoms with Gasteiger partial charge in [0.2, 0.25) is 0 Å². The first-order valence-corrected chi connectivity index (χ1v) is 2.84. The van der Waals surface area contributed by atoms with Crippen LogP contribution in [0.4, 0.5) is 4.79 Å². The fraction of sp³-hybridized carbons (Fsp3) is 0.600. The zero-order valence-corrected chi connectivity index (χ0v) is 5.59. The number of hydrogen-bond donors (Lipinski definition) is 2. The Bertz CT molecular complexity index is 146. The number of amides is 2. The van der Waals surface area contributed by atoms with Gasteiger partial charge in [-0.3, -0.25) is 0 Å². The van der Waals surface area contributed by atoms with E-state index in [-0.39, 0.29) is 6.42 Å². The van der Waals surface area contributed by atoms with Crippen LogP contribution in [0.5, 0.6) is 0 Å². The quantitative estimate of drug-likeness (QED) is 0.489. The molecule has 0 aliphatic heterocycles. The van der Waals surface area contributed by atoms with Crippen molar-refractivity contribution in [3.05, 3.63) is 0 Å². The third-order valence-electron chi connectivity index (χ3n) is 1.01. The summed E-state index contributed by atoms with van der Waals surface area (Å²) < 4.78 is 0. The van der Waals surface area contributed by atoms with Crippen molar-refractivity contribution in [2.45, 2.75) is 19.4 Å². The topological polar surface area (TPSA) is 95.2 Å². The maximum Gasteiger partial charge on any atom is 0.312 e. The molecule has 0 rings (SSSR count). The molecule has 5 heteroatoms. The van der Waals surface area contributed by atoms with Gasteiger partial charge in [0, 0.05) is 0 Å². The summed E-state index contributed by atoms with van der Waals surface area (Å²) in [6.07, 6.45) is 0.269. The molecule has 0 aromatic carbocycles. The summed E-state index contributed by atoms with van der Waals surface area (Å²) in [5.41, 5.74) is 4.67. The minimum absolute atomic E-state index is 0.269. The van der Waals surface area contributed by atoms with Crippen LogP contribution >= 0.6 is 0 Å². The van der Waals surface area contributed by atoms with Crippen molar-refractivity contribution < 1.29 is 14.7 Å². The molecule has 0 radical (unpaired) electrons. The molecule has 0 unspecified atom stereocenters. The Labute approximate surface area is 58.2 Å². The fourth-order valence-electron chi connectivity index (χ4n) is 0.499. The maximum atomic E-state index is 10.1. The summed E-state index contributed by atoms with van der Waals surface area (Å²) in [6.45, 7) is 1.61. The highest BCUT2D eigenvalue weighted by molar-refractivity contribution is 5.80. The molecule has 0 aromatic heterocycles. The van der Waals surface area contributed by atoms with E-state index in [4.69, 9.17) is 0 Å². The van der Waals surface area contributed by atoms with E-state index >= 15 is 0 Å². The number of rotatable bonds is 3. The van der Waals surface area contributed by atoms with Crippen LogP contribution in [0.3, 0.4) is 0 Å². The lowest BCUT2D eigenvalue weighted by Crippen LogP contribution is -2.49. The van der Waals surface area contributed by atoms with E-state index in [1.165, 1.54) is 0 Å². The Morgan fingerprint density at radius 2 is 2.20 bits per heavy atom. The van der Waals surface area contributed by atoms with E-state index in [1.54, 1.807) is 6.92 Å². The van der Waals surface area contributed by atoms with Crippen molar-refractivity contribution in [3.63, 3.8) is 0 Å². The molecule has 0 aromatic rings. The summed E-state index contributed by atoms with van der Waals surface area (Å²) in [4.78, 5) is 20.2. The number of primary amides is 1. The summed E-state index contributed by atoms with van der Waals surface area (Å²) in [7, 11) is 0.